The number of guanidine groups is 1. The number of primary amides is 3. The molecule has 31 nitrogen and oxygen atoms in total. The van der Waals surface area contributed by atoms with Crippen LogP contribution in [0.15, 0.2) is 65.7 Å². The summed E-state index contributed by atoms with van der Waals surface area (Å²) in [7, 11) is 0. The van der Waals surface area contributed by atoms with E-state index in [-0.39, 0.29) is 83.0 Å². The van der Waals surface area contributed by atoms with Crippen molar-refractivity contribution >= 4 is 94.5 Å². The van der Waals surface area contributed by atoms with Crippen molar-refractivity contribution in [1.82, 2.24) is 52.3 Å². The maximum Gasteiger partial charge on any atom is 0.245 e. The average Bonchev–Trinajstić information content (AvgIpc) is 1.74. The second-order valence-corrected chi connectivity index (χ2v) is 25.1. The Labute approximate surface area is 558 Å². The topological polar surface area (TPSA) is 519 Å². The third-order valence-electron chi connectivity index (χ3n) is 16.0. The van der Waals surface area contributed by atoms with Crippen molar-refractivity contribution in [2.75, 3.05) is 44.7 Å². The van der Waals surface area contributed by atoms with Gasteiger partial charge in [0.2, 0.25) is 76.8 Å². The SMILES string of the molecule is CSCC[C@H](NC(=O)[C@H](CC(C)C)NC(=O)CNC(=O)[C@@H](Cc1ccccc1)NC(=O)[C@@H](Cc1ccccc1)NC(=O)[C@@H](CCC(N)=O)NC(=O)[C@H](CCC(N)=O)NC(=O)[C@H]1CCCN1C(=O)[C@@H](CCCCN)NC(=O)[C@H]1CCCN1C(=O)[C@H](N)CCCN=C(N)N)C(N)=O. The summed E-state index contributed by atoms with van der Waals surface area (Å²) in [6.45, 7) is 3.86. The highest BCUT2D eigenvalue weighted by Gasteiger charge is 2.42. The molecule has 22 N–H and O–H groups in total. The lowest BCUT2D eigenvalue weighted by Crippen LogP contribution is -2.60. The van der Waals surface area contributed by atoms with Crippen LogP contribution in [0.3, 0.4) is 0 Å². The van der Waals surface area contributed by atoms with Gasteiger partial charge in [-0.25, -0.2) is 0 Å². The van der Waals surface area contributed by atoms with Crippen LogP contribution in [0, 0.1) is 5.92 Å². The number of unbranched alkanes of at least 4 members (excludes halogenated alkanes) is 1. The summed E-state index contributed by atoms with van der Waals surface area (Å²) in [6.07, 6.45) is 3.12. The van der Waals surface area contributed by atoms with E-state index in [0.29, 0.717) is 55.4 Å². The predicted octanol–water partition coefficient (Wildman–Crippen LogP) is -3.71. The van der Waals surface area contributed by atoms with E-state index in [4.69, 9.17) is 40.1 Å². The molecule has 2 aliphatic heterocycles. The van der Waals surface area contributed by atoms with E-state index < -0.39 is 169 Å². The van der Waals surface area contributed by atoms with E-state index in [9.17, 15) is 62.3 Å². The lowest BCUT2D eigenvalue weighted by molar-refractivity contribution is -0.144. The Bertz CT molecular complexity index is 2960. The van der Waals surface area contributed by atoms with Gasteiger partial charge in [-0.3, -0.25) is 67.3 Å². The van der Waals surface area contributed by atoms with Crippen LogP contribution >= 0.6 is 11.8 Å². The monoisotopic (exact) mass is 1350 g/mol. The standard InChI is InChI=1S/C63H98N18O13S/c1-37(2)33-45(57(89)74-41(53(68)85)27-32-95-3)73-52(84)36-72-54(86)46(34-38-15-6-4-7-16-38)78-58(90)47(35-39-17-8-5-9-18-39)79-56(88)42(23-25-50(66)82)75-55(87)43(24-26-51(67)83)76-59(91)49-22-14-31-81(49)62(94)44(20-10-11-28-64)77-60(92)48-21-13-30-80(48)61(93)40(65)19-12-29-71-63(69)70/h4-9,15-18,37,40-49H,10-14,19-36,64-65H2,1-3H3,(H2,66,82)(H2,67,83)(H2,68,85)(H,72,86)(H,73,84)(H,74,89)(H,75,87)(H,76,91)(H,77,92)(H,78,90)(H,79,88)(H4,69,70,71)/t40-,41+,42-,43+,44-,45+,46-,47-,48-,49-/m1/s1. The van der Waals surface area contributed by atoms with E-state index in [2.05, 4.69) is 47.5 Å². The first-order valence-electron chi connectivity index (χ1n) is 32.2. The minimum Gasteiger partial charge on any atom is -0.370 e. The number of rotatable bonds is 42. The van der Waals surface area contributed by atoms with E-state index in [1.165, 1.54) is 21.6 Å². The molecule has 32 heteroatoms. The average molecular weight is 1350 g/mol. The Morgan fingerprint density at radius 3 is 1.51 bits per heavy atom. The van der Waals surface area contributed by atoms with Gasteiger partial charge in [0.15, 0.2) is 5.96 Å². The lowest BCUT2D eigenvalue weighted by atomic mass is 10.0. The summed E-state index contributed by atoms with van der Waals surface area (Å²) in [4.78, 5) is 185. The van der Waals surface area contributed by atoms with Crippen molar-refractivity contribution in [3.8, 4) is 0 Å². The molecule has 2 saturated heterocycles. The maximum atomic E-state index is 14.7. The number of amides is 13. The summed E-state index contributed by atoms with van der Waals surface area (Å²) in [6, 6.07) is 4.51. The quantitative estimate of drug-likeness (QED) is 0.0173. The number of likely N-dealkylation sites (tertiary alicyclic amines) is 2. The van der Waals surface area contributed by atoms with Crippen molar-refractivity contribution in [3.63, 3.8) is 0 Å². The van der Waals surface area contributed by atoms with Gasteiger partial charge in [-0.2, -0.15) is 11.8 Å². The van der Waals surface area contributed by atoms with Gasteiger partial charge < -0.3 is 92.5 Å². The number of aliphatic imine (C=N–C) groups is 1. The molecule has 0 unspecified atom stereocenters. The fourth-order valence-corrected chi connectivity index (χ4v) is 11.5. The molecular formula is C63H98N18O13S. The molecule has 13 amide bonds. The number of carbonyl (C=O) groups excluding carboxylic acids is 13. The minimum absolute atomic E-state index is 0.0736. The summed E-state index contributed by atoms with van der Waals surface area (Å²) in [5, 5.41) is 21.1. The molecule has 2 aromatic rings. The van der Waals surface area contributed by atoms with Gasteiger partial charge in [0, 0.05) is 45.3 Å². The molecule has 0 bridgehead atoms. The van der Waals surface area contributed by atoms with Crippen molar-refractivity contribution in [2.45, 2.75) is 183 Å². The molecule has 2 fully saturated rings. The molecule has 95 heavy (non-hydrogen) atoms. The first-order chi connectivity index (χ1) is 45.2. The fourth-order valence-electron chi connectivity index (χ4n) is 11.0. The zero-order valence-electron chi connectivity index (χ0n) is 54.5. The molecule has 10 atom stereocenters. The summed E-state index contributed by atoms with van der Waals surface area (Å²) in [5.41, 5.74) is 40.6. The molecule has 0 saturated carbocycles. The molecule has 0 spiro atoms. The number of benzene rings is 2. The number of nitrogens with zero attached hydrogens (tertiary/aromatic N) is 3. The van der Waals surface area contributed by atoms with Gasteiger partial charge in [0.25, 0.3) is 0 Å². The summed E-state index contributed by atoms with van der Waals surface area (Å²) >= 11 is 1.45. The van der Waals surface area contributed by atoms with Crippen molar-refractivity contribution in [1.29, 1.82) is 0 Å². The Morgan fingerprint density at radius 2 is 1.01 bits per heavy atom. The Hall–Kier alpha value is -8.91. The Balaban J connectivity index is 1.56. The van der Waals surface area contributed by atoms with Crippen LogP contribution in [0.25, 0.3) is 0 Å². The zero-order valence-corrected chi connectivity index (χ0v) is 55.3. The van der Waals surface area contributed by atoms with Gasteiger partial charge in [-0.1, -0.05) is 74.5 Å². The van der Waals surface area contributed by atoms with Crippen LogP contribution in [0.4, 0.5) is 0 Å². The van der Waals surface area contributed by atoms with Crippen LogP contribution in [0.5, 0.6) is 0 Å². The lowest BCUT2D eigenvalue weighted by Gasteiger charge is -2.32. The van der Waals surface area contributed by atoms with E-state index in [0.717, 1.165) is 0 Å². The first kappa shape index (κ1) is 78.5. The molecule has 2 heterocycles. The highest BCUT2D eigenvalue weighted by Crippen LogP contribution is 2.24. The Morgan fingerprint density at radius 1 is 0.537 bits per heavy atom. The van der Waals surface area contributed by atoms with Crippen LogP contribution < -0.4 is 82.7 Å². The van der Waals surface area contributed by atoms with Crippen LogP contribution in [-0.4, -0.2) is 198 Å². The third kappa shape index (κ3) is 27.5. The normalized spacial score (nSPS) is 16.8. The number of hydrogen-bond donors (Lipinski definition) is 15. The van der Waals surface area contributed by atoms with Crippen LogP contribution in [0.1, 0.15) is 121 Å². The van der Waals surface area contributed by atoms with Gasteiger partial charge in [0.05, 0.1) is 12.6 Å². The molecule has 2 aromatic carbocycles. The highest BCUT2D eigenvalue weighted by molar-refractivity contribution is 7.98. The van der Waals surface area contributed by atoms with E-state index in [1.807, 2.05) is 20.1 Å². The number of thioether (sulfide) groups is 1. The molecule has 524 valence electrons. The number of nitrogens with one attached hydrogen (secondary N) is 8. The first-order valence-corrected chi connectivity index (χ1v) is 33.6. The highest BCUT2D eigenvalue weighted by atomic mass is 32.2. The van der Waals surface area contributed by atoms with Crippen molar-refractivity contribution < 1.29 is 62.3 Å². The molecule has 0 aromatic heterocycles. The molecule has 0 radical (unpaired) electrons. The fraction of sp³-hybridized carbons (Fsp3) is 0.587. The summed E-state index contributed by atoms with van der Waals surface area (Å²) < 4.78 is 0. The van der Waals surface area contributed by atoms with Gasteiger partial charge in [-0.05, 0) is 119 Å². The predicted molar refractivity (Wildman–Crippen MR) is 356 cm³/mol. The number of hydrogen-bond acceptors (Lipinski definition) is 17. The molecule has 4 rings (SSSR count). The maximum absolute atomic E-state index is 14.7. The third-order valence-corrected chi connectivity index (χ3v) is 16.7. The molecular weight excluding hydrogens is 1250 g/mol. The van der Waals surface area contributed by atoms with Gasteiger partial charge in [0.1, 0.15) is 54.4 Å². The van der Waals surface area contributed by atoms with Gasteiger partial charge >= 0.3 is 0 Å². The van der Waals surface area contributed by atoms with Crippen molar-refractivity contribution in [3.05, 3.63) is 71.8 Å². The number of carbonyl (C=O) groups is 13. The van der Waals surface area contributed by atoms with E-state index in [1.54, 1.807) is 60.7 Å². The van der Waals surface area contributed by atoms with Gasteiger partial charge in [-0.15, -0.1) is 0 Å². The summed E-state index contributed by atoms with van der Waals surface area (Å²) in [5.74, 6) is -9.80. The zero-order chi connectivity index (χ0) is 70.1. The second-order valence-electron chi connectivity index (χ2n) is 24.1. The largest absolute Gasteiger partial charge is 0.370 e. The minimum atomic E-state index is -1.64. The van der Waals surface area contributed by atoms with Crippen LogP contribution in [0.2, 0.25) is 0 Å². The van der Waals surface area contributed by atoms with E-state index >= 15 is 0 Å². The molecule has 2 aliphatic rings. The smallest absolute Gasteiger partial charge is 0.245 e. The molecule has 0 aliphatic carbocycles. The Kier molecular flexibility index (Phi) is 33.9. The second kappa shape index (κ2) is 41.0. The van der Waals surface area contributed by atoms with Crippen molar-refractivity contribution in [2.24, 2.45) is 51.0 Å². The number of nitrogens with two attached hydrogens (primary N) is 7. The van der Waals surface area contributed by atoms with Crippen LogP contribution in [-0.2, 0) is 75.2 Å².